The van der Waals surface area contributed by atoms with Gasteiger partial charge in [0.15, 0.2) is 0 Å². The van der Waals surface area contributed by atoms with Crippen molar-refractivity contribution in [2.24, 2.45) is 0 Å². The number of hydrogen-bond donors (Lipinski definition) is 1. The topological polar surface area (TPSA) is 51.2 Å². The third-order valence-electron chi connectivity index (χ3n) is 4.33. The maximum absolute atomic E-state index is 10.2. The van der Waals surface area contributed by atoms with Crippen molar-refractivity contribution in [3.8, 4) is 11.5 Å². The third kappa shape index (κ3) is 6.02. The lowest BCUT2D eigenvalue weighted by Gasteiger charge is -2.33. The molecule has 140 valence electrons. The number of aryl methyl sites for hydroxylation is 1. The molecule has 26 heavy (non-hydrogen) atoms. The normalized spacial score (nSPS) is 19.1. The van der Waals surface area contributed by atoms with E-state index in [1.807, 2.05) is 54.6 Å². The van der Waals surface area contributed by atoms with E-state index in [0.717, 1.165) is 24.6 Å². The Morgan fingerprint density at radius 3 is 2.58 bits per heavy atom. The molecule has 0 saturated carbocycles. The molecule has 1 aliphatic heterocycles. The van der Waals surface area contributed by atoms with Gasteiger partial charge in [0.1, 0.15) is 36.9 Å². The average molecular weight is 357 g/mol. The van der Waals surface area contributed by atoms with Gasteiger partial charge in [-0.2, -0.15) is 0 Å². The lowest BCUT2D eigenvalue weighted by molar-refractivity contribution is -0.0601. The van der Waals surface area contributed by atoms with Crippen LogP contribution in [0, 0.1) is 6.92 Å². The third-order valence-corrected chi connectivity index (χ3v) is 4.33. The summed E-state index contributed by atoms with van der Waals surface area (Å²) in [5.74, 6) is 1.63. The summed E-state index contributed by atoms with van der Waals surface area (Å²) in [6, 6.07) is 17.6. The highest BCUT2D eigenvalue weighted by molar-refractivity contribution is 5.26. The van der Waals surface area contributed by atoms with Gasteiger partial charge in [0.25, 0.3) is 0 Å². The van der Waals surface area contributed by atoms with Crippen molar-refractivity contribution < 1.29 is 19.3 Å². The summed E-state index contributed by atoms with van der Waals surface area (Å²) in [4.78, 5) is 2.20. The molecular formula is C21H27NO4. The second-order valence-corrected chi connectivity index (χ2v) is 6.65. The van der Waals surface area contributed by atoms with Gasteiger partial charge in [-0.3, -0.25) is 4.90 Å². The van der Waals surface area contributed by atoms with E-state index in [-0.39, 0.29) is 12.7 Å². The van der Waals surface area contributed by atoms with Crippen LogP contribution in [-0.2, 0) is 4.74 Å². The van der Waals surface area contributed by atoms with Gasteiger partial charge >= 0.3 is 0 Å². The van der Waals surface area contributed by atoms with Crippen molar-refractivity contribution in [1.29, 1.82) is 0 Å². The van der Waals surface area contributed by atoms with E-state index in [4.69, 9.17) is 14.2 Å². The first-order valence-corrected chi connectivity index (χ1v) is 9.08. The zero-order chi connectivity index (χ0) is 18.2. The molecule has 2 aromatic carbocycles. The number of aliphatic hydroxyl groups is 1. The highest BCUT2D eigenvalue weighted by Crippen LogP contribution is 2.14. The van der Waals surface area contributed by atoms with Crippen molar-refractivity contribution in [2.75, 3.05) is 39.5 Å². The molecule has 5 heteroatoms. The second-order valence-electron chi connectivity index (χ2n) is 6.65. The molecule has 0 spiro atoms. The summed E-state index contributed by atoms with van der Waals surface area (Å²) < 4.78 is 17.2. The maximum atomic E-state index is 10.2. The fourth-order valence-electron chi connectivity index (χ4n) is 2.93. The van der Waals surface area contributed by atoms with Gasteiger partial charge in [-0.25, -0.2) is 0 Å². The molecule has 5 nitrogen and oxygen atoms in total. The van der Waals surface area contributed by atoms with Crippen LogP contribution < -0.4 is 9.47 Å². The van der Waals surface area contributed by atoms with Crippen LogP contribution in [0.15, 0.2) is 54.6 Å². The zero-order valence-electron chi connectivity index (χ0n) is 15.2. The van der Waals surface area contributed by atoms with Gasteiger partial charge < -0.3 is 19.3 Å². The van der Waals surface area contributed by atoms with Gasteiger partial charge in [-0.15, -0.1) is 0 Å². The number of nitrogens with zero attached hydrogens (tertiary/aromatic N) is 1. The molecule has 2 aromatic rings. The Morgan fingerprint density at radius 2 is 1.81 bits per heavy atom. The molecule has 1 heterocycles. The Labute approximate surface area is 155 Å². The van der Waals surface area contributed by atoms with Gasteiger partial charge in [0.2, 0.25) is 0 Å². The highest BCUT2D eigenvalue weighted by Gasteiger charge is 2.23. The summed E-state index contributed by atoms with van der Waals surface area (Å²) in [6.45, 7) is 5.61. The molecule has 3 rings (SSSR count). The number of aliphatic hydroxyl groups excluding tert-OH is 1. The van der Waals surface area contributed by atoms with Gasteiger partial charge in [-0.1, -0.05) is 35.9 Å². The van der Waals surface area contributed by atoms with E-state index in [0.29, 0.717) is 19.8 Å². The Hall–Kier alpha value is -2.08. The first kappa shape index (κ1) is 18.7. The predicted molar refractivity (Wildman–Crippen MR) is 101 cm³/mol. The van der Waals surface area contributed by atoms with Crippen molar-refractivity contribution in [2.45, 2.75) is 19.1 Å². The van der Waals surface area contributed by atoms with E-state index in [2.05, 4.69) is 11.8 Å². The summed E-state index contributed by atoms with van der Waals surface area (Å²) in [7, 11) is 0. The average Bonchev–Trinajstić information content (AvgIpc) is 2.67. The van der Waals surface area contributed by atoms with Crippen LogP contribution in [-0.4, -0.2) is 61.7 Å². The molecule has 1 saturated heterocycles. The fraction of sp³-hybridized carbons (Fsp3) is 0.429. The Bertz CT molecular complexity index is 647. The van der Waals surface area contributed by atoms with Crippen LogP contribution in [0.5, 0.6) is 11.5 Å². The van der Waals surface area contributed by atoms with Crippen molar-refractivity contribution >= 4 is 0 Å². The monoisotopic (exact) mass is 357 g/mol. The van der Waals surface area contributed by atoms with Crippen molar-refractivity contribution in [1.82, 2.24) is 4.90 Å². The molecule has 0 unspecified atom stereocenters. The number of β-amino-alcohol motifs (C(OH)–C–C–N with tert-alkyl or cyclic N) is 1. The van der Waals surface area contributed by atoms with E-state index in [1.165, 1.54) is 5.56 Å². The predicted octanol–water partition coefficient (Wildman–Crippen LogP) is 2.51. The largest absolute Gasteiger partial charge is 0.491 e. The number of hydrogen-bond acceptors (Lipinski definition) is 5. The minimum Gasteiger partial charge on any atom is -0.491 e. The second kappa shape index (κ2) is 9.57. The van der Waals surface area contributed by atoms with Gasteiger partial charge in [-0.05, 0) is 31.2 Å². The molecule has 0 aliphatic carbocycles. The van der Waals surface area contributed by atoms with Crippen LogP contribution in [0.2, 0.25) is 0 Å². The van der Waals surface area contributed by atoms with Crippen molar-refractivity contribution in [3.63, 3.8) is 0 Å². The van der Waals surface area contributed by atoms with Crippen LogP contribution in [0.3, 0.4) is 0 Å². The molecule has 1 N–H and O–H groups in total. The number of ether oxygens (including phenoxy) is 3. The quantitative estimate of drug-likeness (QED) is 0.787. The van der Waals surface area contributed by atoms with Crippen LogP contribution >= 0.6 is 0 Å². The summed E-state index contributed by atoms with van der Waals surface area (Å²) in [6.07, 6.45) is -0.528. The molecule has 0 aromatic heterocycles. The first-order valence-electron chi connectivity index (χ1n) is 9.08. The van der Waals surface area contributed by atoms with Crippen LogP contribution in [0.4, 0.5) is 0 Å². The van der Waals surface area contributed by atoms with Gasteiger partial charge in [0, 0.05) is 19.6 Å². The SMILES string of the molecule is Cc1ccc(OC[C@@H]2CN(C[C@H](O)COc3ccccc3)CCO2)cc1. The Balaban J connectivity index is 1.39. The molecule has 1 fully saturated rings. The van der Waals surface area contributed by atoms with E-state index >= 15 is 0 Å². The molecule has 1 aliphatic rings. The molecular weight excluding hydrogens is 330 g/mol. The lowest BCUT2D eigenvalue weighted by Crippen LogP contribution is -2.48. The standard InChI is InChI=1S/C21H27NO4/c1-17-7-9-20(10-8-17)26-16-21-14-22(11-12-24-21)13-18(23)15-25-19-5-3-2-4-6-19/h2-10,18,21,23H,11-16H2,1H3/t18-,21-/m0/s1. The zero-order valence-corrected chi connectivity index (χ0v) is 15.2. The molecule has 0 amide bonds. The van der Waals surface area contributed by atoms with E-state index in [9.17, 15) is 5.11 Å². The minimum absolute atomic E-state index is 0.00675. The Morgan fingerprint density at radius 1 is 1.08 bits per heavy atom. The molecule has 0 radical (unpaired) electrons. The molecule has 2 atom stereocenters. The van der Waals surface area contributed by atoms with Gasteiger partial charge in [0.05, 0.1) is 6.61 Å². The van der Waals surface area contributed by atoms with E-state index < -0.39 is 6.10 Å². The number of benzene rings is 2. The summed E-state index contributed by atoms with van der Waals surface area (Å²) >= 11 is 0. The number of morpholine rings is 1. The van der Waals surface area contributed by atoms with E-state index in [1.54, 1.807) is 0 Å². The smallest absolute Gasteiger partial charge is 0.119 e. The lowest BCUT2D eigenvalue weighted by atomic mass is 10.2. The number of para-hydroxylation sites is 1. The summed E-state index contributed by atoms with van der Waals surface area (Å²) in [5.41, 5.74) is 1.21. The van der Waals surface area contributed by atoms with Crippen LogP contribution in [0.25, 0.3) is 0 Å². The number of rotatable bonds is 8. The first-order chi connectivity index (χ1) is 12.7. The highest BCUT2D eigenvalue weighted by atomic mass is 16.5. The maximum Gasteiger partial charge on any atom is 0.119 e. The van der Waals surface area contributed by atoms with Crippen molar-refractivity contribution in [3.05, 3.63) is 60.2 Å². The summed E-state index contributed by atoms with van der Waals surface area (Å²) in [5, 5.41) is 10.2. The minimum atomic E-state index is -0.535. The Kier molecular flexibility index (Phi) is 6.89. The van der Waals surface area contributed by atoms with Crippen LogP contribution in [0.1, 0.15) is 5.56 Å². The molecule has 0 bridgehead atoms. The fourth-order valence-corrected chi connectivity index (χ4v) is 2.93.